The zero-order chi connectivity index (χ0) is 17.0. The molecular formula is C18H20O5. The lowest BCUT2D eigenvalue weighted by Crippen LogP contribution is -2.39. The number of fused-ring (bicyclic) bond motifs is 1. The van der Waals surface area contributed by atoms with Crippen molar-refractivity contribution in [3.05, 3.63) is 42.0 Å². The summed E-state index contributed by atoms with van der Waals surface area (Å²) in [5.41, 5.74) is -0.929. The highest BCUT2D eigenvalue weighted by Crippen LogP contribution is 2.34. The van der Waals surface area contributed by atoms with Crippen molar-refractivity contribution >= 4 is 22.7 Å². The van der Waals surface area contributed by atoms with E-state index >= 15 is 0 Å². The Kier molecular flexibility index (Phi) is 4.89. The SMILES string of the molecule is CCOC(=O)C(C)(OC(C)=O)c1cccc2cc(OC)ccc12. The Labute approximate surface area is 135 Å². The Morgan fingerprint density at radius 2 is 1.91 bits per heavy atom. The quantitative estimate of drug-likeness (QED) is 0.793. The number of hydrogen-bond acceptors (Lipinski definition) is 5. The van der Waals surface area contributed by atoms with Crippen LogP contribution in [0.1, 0.15) is 26.3 Å². The predicted octanol–water partition coefficient (Wildman–Crippen LogP) is 3.19. The van der Waals surface area contributed by atoms with Gasteiger partial charge in [-0.2, -0.15) is 0 Å². The first-order chi connectivity index (χ1) is 10.9. The van der Waals surface area contributed by atoms with E-state index in [1.54, 1.807) is 39.2 Å². The van der Waals surface area contributed by atoms with E-state index in [1.165, 1.54) is 6.92 Å². The highest BCUT2D eigenvalue weighted by Gasteiger charge is 2.41. The Morgan fingerprint density at radius 1 is 1.17 bits per heavy atom. The highest BCUT2D eigenvalue weighted by molar-refractivity contribution is 5.94. The molecule has 2 rings (SSSR count). The van der Waals surface area contributed by atoms with Gasteiger partial charge >= 0.3 is 11.9 Å². The zero-order valence-electron chi connectivity index (χ0n) is 13.7. The maximum absolute atomic E-state index is 12.4. The van der Waals surface area contributed by atoms with Crippen molar-refractivity contribution in [3.8, 4) is 5.75 Å². The first-order valence-corrected chi connectivity index (χ1v) is 7.36. The molecule has 23 heavy (non-hydrogen) atoms. The molecule has 1 unspecified atom stereocenters. The number of carbonyl (C=O) groups excluding carboxylic acids is 2. The van der Waals surface area contributed by atoms with Crippen LogP contribution < -0.4 is 4.74 Å². The van der Waals surface area contributed by atoms with E-state index in [1.807, 2.05) is 18.2 Å². The van der Waals surface area contributed by atoms with Crippen molar-refractivity contribution in [2.45, 2.75) is 26.4 Å². The lowest BCUT2D eigenvalue weighted by Gasteiger charge is -2.28. The minimum atomic E-state index is -1.50. The normalized spacial score (nSPS) is 13.2. The van der Waals surface area contributed by atoms with Gasteiger partial charge in [0, 0.05) is 12.5 Å². The van der Waals surface area contributed by atoms with Crippen molar-refractivity contribution in [2.75, 3.05) is 13.7 Å². The smallest absolute Gasteiger partial charge is 0.355 e. The molecule has 0 bridgehead atoms. The first-order valence-electron chi connectivity index (χ1n) is 7.36. The number of carbonyl (C=O) groups is 2. The van der Waals surface area contributed by atoms with E-state index in [9.17, 15) is 9.59 Å². The van der Waals surface area contributed by atoms with E-state index in [0.29, 0.717) is 11.3 Å². The largest absolute Gasteiger partial charge is 0.497 e. The Morgan fingerprint density at radius 3 is 2.52 bits per heavy atom. The van der Waals surface area contributed by atoms with Crippen LogP contribution >= 0.6 is 0 Å². The summed E-state index contributed by atoms with van der Waals surface area (Å²) in [7, 11) is 1.59. The third-order valence-corrected chi connectivity index (χ3v) is 3.61. The number of methoxy groups -OCH3 is 1. The van der Waals surface area contributed by atoms with Crippen molar-refractivity contribution in [1.82, 2.24) is 0 Å². The summed E-state index contributed by atoms with van der Waals surface area (Å²) in [5, 5.41) is 1.68. The molecule has 0 aliphatic heterocycles. The zero-order valence-corrected chi connectivity index (χ0v) is 13.7. The van der Waals surface area contributed by atoms with Gasteiger partial charge in [-0.1, -0.05) is 24.3 Å². The first kappa shape index (κ1) is 16.8. The van der Waals surface area contributed by atoms with Crippen molar-refractivity contribution in [3.63, 3.8) is 0 Å². The molecule has 0 saturated heterocycles. The minimum Gasteiger partial charge on any atom is -0.497 e. The molecule has 0 N–H and O–H groups in total. The summed E-state index contributed by atoms with van der Waals surface area (Å²) in [5.74, 6) is -0.440. The van der Waals surface area contributed by atoms with Crippen LogP contribution in [0.3, 0.4) is 0 Å². The van der Waals surface area contributed by atoms with Crippen molar-refractivity contribution in [1.29, 1.82) is 0 Å². The molecule has 5 nitrogen and oxygen atoms in total. The van der Waals surface area contributed by atoms with Gasteiger partial charge in [-0.3, -0.25) is 4.79 Å². The maximum Gasteiger partial charge on any atom is 0.355 e. The van der Waals surface area contributed by atoms with Crippen LogP contribution in [0.4, 0.5) is 0 Å². The topological polar surface area (TPSA) is 61.8 Å². The highest BCUT2D eigenvalue weighted by atomic mass is 16.6. The van der Waals surface area contributed by atoms with Gasteiger partial charge in [0.2, 0.25) is 5.60 Å². The monoisotopic (exact) mass is 316 g/mol. The number of benzene rings is 2. The standard InChI is InChI=1S/C18H20O5/c1-5-22-17(20)18(3,23-12(2)19)16-8-6-7-13-11-14(21-4)9-10-15(13)16/h6-11H,5H2,1-4H3. The van der Waals surface area contributed by atoms with Crippen LogP contribution in [0.2, 0.25) is 0 Å². The van der Waals surface area contributed by atoms with E-state index in [0.717, 1.165) is 10.8 Å². The van der Waals surface area contributed by atoms with Crippen LogP contribution in [-0.2, 0) is 24.7 Å². The molecule has 0 fully saturated rings. The maximum atomic E-state index is 12.4. The summed E-state index contributed by atoms with van der Waals surface area (Å²) in [4.78, 5) is 24.0. The molecule has 0 heterocycles. The van der Waals surface area contributed by atoms with E-state index in [4.69, 9.17) is 14.2 Å². The second-order valence-electron chi connectivity index (χ2n) is 5.24. The molecule has 2 aromatic rings. The molecular weight excluding hydrogens is 296 g/mol. The minimum absolute atomic E-state index is 0.203. The second kappa shape index (κ2) is 6.69. The molecule has 0 radical (unpaired) electrons. The van der Waals surface area contributed by atoms with Crippen LogP contribution in [-0.4, -0.2) is 25.7 Å². The summed E-state index contributed by atoms with van der Waals surface area (Å²) >= 11 is 0. The molecule has 0 saturated carbocycles. The van der Waals surface area contributed by atoms with E-state index < -0.39 is 17.5 Å². The molecule has 5 heteroatoms. The van der Waals surface area contributed by atoms with Gasteiger partial charge in [0.25, 0.3) is 0 Å². The van der Waals surface area contributed by atoms with Crippen LogP contribution in [0.5, 0.6) is 5.75 Å². The van der Waals surface area contributed by atoms with Crippen LogP contribution in [0.25, 0.3) is 10.8 Å². The molecule has 0 aliphatic rings. The Balaban J connectivity index is 2.65. The summed E-state index contributed by atoms with van der Waals surface area (Å²) < 4.78 is 15.7. The number of rotatable bonds is 5. The third kappa shape index (κ3) is 3.28. The van der Waals surface area contributed by atoms with Crippen molar-refractivity contribution < 1.29 is 23.8 Å². The fourth-order valence-corrected chi connectivity index (χ4v) is 2.57. The molecule has 1 atom stereocenters. The van der Waals surface area contributed by atoms with Gasteiger partial charge in [0.05, 0.1) is 13.7 Å². The third-order valence-electron chi connectivity index (χ3n) is 3.61. The van der Waals surface area contributed by atoms with Gasteiger partial charge in [-0.15, -0.1) is 0 Å². The van der Waals surface area contributed by atoms with Crippen molar-refractivity contribution in [2.24, 2.45) is 0 Å². The van der Waals surface area contributed by atoms with Gasteiger partial charge in [0.15, 0.2) is 0 Å². The molecule has 2 aromatic carbocycles. The van der Waals surface area contributed by atoms with Gasteiger partial charge < -0.3 is 14.2 Å². The molecule has 0 amide bonds. The average Bonchev–Trinajstić information content (AvgIpc) is 2.53. The van der Waals surface area contributed by atoms with Gasteiger partial charge in [0.1, 0.15) is 5.75 Å². The second-order valence-corrected chi connectivity index (χ2v) is 5.24. The average molecular weight is 316 g/mol. The summed E-state index contributed by atoms with van der Waals surface area (Å²) in [6.45, 7) is 4.73. The van der Waals surface area contributed by atoms with Crippen LogP contribution in [0.15, 0.2) is 36.4 Å². The number of esters is 2. The lowest BCUT2D eigenvalue weighted by atomic mass is 9.90. The van der Waals surface area contributed by atoms with E-state index in [2.05, 4.69) is 0 Å². The molecule has 122 valence electrons. The predicted molar refractivity (Wildman–Crippen MR) is 86.3 cm³/mol. The summed E-state index contributed by atoms with van der Waals surface area (Å²) in [6.07, 6.45) is 0. The summed E-state index contributed by atoms with van der Waals surface area (Å²) in [6, 6.07) is 11.0. The molecule has 0 aliphatic carbocycles. The number of ether oxygens (including phenoxy) is 3. The molecule has 0 spiro atoms. The fraction of sp³-hybridized carbons (Fsp3) is 0.333. The fourth-order valence-electron chi connectivity index (χ4n) is 2.57. The van der Waals surface area contributed by atoms with Gasteiger partial charge in [-0.05, 0) is 36.8 Å². The van der Waals surface area contributed by atoms with E-state index in [-0.39, 0.29) is 6.61 Å². The van der Waals surface area contributed by atoms with Gasteiger partial charge in [-0.25, -0.2) is 4.79 Å². The lowest BCUT2D eigenvalue weighted by molar-refractivity contribution is -0.180. The van der Waals surface area contributed by atoms with Crippen LogP contribution in [0, 0.1) is 0 Å². The Hall–Kier alpha value is -2.56. The molecule has 0 aromatic heterocycles. The number of hydrogen-bond donors (Lipinski definition) is 0. The Bertz CT molecular complexity index is 737.